The first-order valence-corrected chi connectivity index (χ1v) is 7.42. The van der Waals surface area contributed by atoms with Crippen molar-refractivity contribution >= 4 is 29.6 Å². The van der Waals surface area contributed by atoms with E-state index in [4.69, 9.17) is 0 Å². The SMILES string of the molecule is CSc1nc(NCc2cccnc2)n2ncc(C=O)c2n1. The van der Waals surface area contributed by atoms with Crippen molar-refractivity contribution in [1.82, 2.24) is 24.6 Å². The van der Waals surface area contributed by atoms with Crippen LogP contribution in [0.15, 0.2) is 35.9 Å². The van der Waals surface area contributed by atoms with Gasteiger partial charge in [-0.25, -0.2) is 4.98 Å². The van der Waals surface area contributed by atoms with Gasteiger partial charge in [0.1, 0.15) is 0 Å². The lowest BCUT2D eigenvalue weighted by molar-refractivity contribution is 0.112. The Hall–Kier alpha value is -2.48. The minimum absolute atomic E-state index is 0.442. The van der Waals surface area contributed by atoms with E-state index in [9.17, 15) is 4.79 Å². The van der Waals surface area contributed by atoms with Gasteiger partial charge in [-0.2, -0.15) is 14.6 Å². The number of hydrogen-bond donors (Lipinski definition) is 1. The lowest BCUT2D eigenvalue weighted by Crippen LogP contribution is -2.09. The smallest absolute Gasteiger partial charge is 0.228 e. The molecule has 8 heteroatoms. The van der Waals surface area contributed by atoms with E-state index in [2.05, 4.69) is 25.4 Å². The van der Waals surface area contributed by atoms with Gasteiger partial charge in [0.15, 0.2) is 17.1 Å². The molecule has 0 atom stereocenters. The van der Waals surface area contributed by atoms with E-state index >= 15 is 0 Å². The van der Waals surface area contributed by atoms with Crippen molar-refractivity contribution in [2.24, 2.45) is 0 Å². The van der Waals surface area contributed by atoms with Crippen LogP contribution in [0.25, 0.3) is 5.65 Å². The molecule has 21 heavy (non-hydrogen) atoms. The number of thioether (sulfide) groups is 1. The van der Waals surface area contributed by atoms with Crippen LogP contribution in [0.2, 0.25) is 0 Å². The fourth-order valence-electron chi connectivity index (χ4n) is 1.85. The molecule has 0 radical (unpaired) electrons. The van der Waals surface area contributed by atoms with Crippen molar-refractivity contribution in [2.75, 3.05) is 11.6 Å². The number of carbonyl (C=O) groups excluding carboxylic acids is 1. The summed E-state index contributed by atoms with van der Waals surface area (Å²) in [5.41, 5.74) is 1.97. The molecule has 7 nitrogen and oxygen atoms in total. The quantitative estimate of drug-likeness (QED) is 0.566. The molecule has 0 bridgehead atoms. The number of pyridine rings is 1. The van der Waals surface area contributed by atoms with E-state index in [-0.39, 0.29) is 0 Å². The lowest BCUT2D eigenvalue weighted by Gasteiger charge is -2.08. The first-order valence-electron chi connectivity index (χ1n) is 6.19. The predicted octanol–water partition coefficient (Wildman–Crippen LogP) is 1.67. The summed E-state index contributed by atoms with van der Waals surface area (Å²) < 4.78 is 1.53. The number of rotatable bonds is 5. The Morgan fingerprint density at radius 1 is 1.38 bits per heavy atom. The molecule has 0 spiro atoms. The van der Waals surface area contributed by atoms with Crippen LogP contribution in [0.4, 0.5) is 5.95 Å². The molecular formula is C13H12N6OS. The Morgan fingerprint density at radius 3 is 3.00 bits per heavy atom. The Kier molecular flexibility index (Phi) is 3.78. The molecule has 106 valence electrons. The zero-order valence-electron chi connectivity index (χ0n) is 11.2. The minimum atomic E-state index is 0.442. The maximum absolute atomic E-state index is 11.0. The van der Waals surface area contributed by atoms with E-state index in [1.54, 1.807) is 12.4 Å². The third-order valence-corrected chi connectivity index (χ3v) is 3.41. The zero-order chi connectivity index (χ0) is 14.7. The third-order valence-electron chi connectivity index (χ3n) is 2.86. The van der Waals surface area contributed by atoms with Crippen LogP contribution in [-0.4, -0.2) is 37.1 Å². The Labute approximate surface area is 124 Å². The van der Waals surface area contributed by atoms with E-state index in [0.717, 1.165) is 11.8 Å². The van der Waals surface area contributed by atoms with Crippen LogP contribution >= 0.6 is 11.8 Å². The number of hydrogen-bond acceptors (Lipinski definition) is 7. The molecule has 0 fully saturated rings. The van der Waals surface area contributed by atoms with Crippen LogP contribution in [-0.2, 0) is 6.54 Å². The largest absolute Gasteiger partial charge is 0.350 e. The Bertz CT molecular complexity index is 773. The summed E-state index contributed by atoms with van der Waals surface area (Å²) in [4.78, 5) is 23.8. The molecule has 0 aliphatic heterocycles. The number of fused-ring (bicyclic) bond motifs is 1. The van der Waals surface area contributed by atoms with E-state index in [0.29, 0.717) is 28.9 Å². The molecule has 3 aromatic rings. The summed E-state index contributed by atoms with van der Waals surface area (Å²) in [6, 6.07) is 3.84. The van der Waals surface area contributed by atoms with Gasteiger partial charge in [-0.1, -0.05) is 17.8 Å². The van der Waals surface area contributed by atoms with Gasteiger partial charge in [0, 0.05) is 18.9 Å². The fraction of sp³-hybridized carbons (Fsp3) is 0.154. The normalized spacial score (nSPS) is 10.7. The molecule has 3 aromatic heterocycles. The molecule has 0 amide bonds. The van der Waals surface area contributed by atoms with E-state index in [1.165, 1.54) is 22.5 Å². The summed E-state index contributed by atoms with van der Waals surface area (Å²) >= 11 is 1.41. The molecule has 0 aliphatic rings. The zero-order valence-corrected chi connectivity index (χ0v) is 12.0. The van der Waals surface area contributed by atoms with Crippen LogP contribution in [0, 0.1) is 0 Å². The standard InChI is InChI=1S/C13H12N6OS/c1-21-13-17-11-10(8-20)7-16-19(11)12(18-13)15-6-9-3-2-4-14-5-9/h2-5,7-8H,6H2,1H3,(H,15,17,18). The average Bonchev–Trinajstić information content (AvgIpc) is 2.96. The van der Waals surface area contributed by atoms with Crippen molar-refractivity contribution in [3.8, 4) is 0 Å². The van der Waals surface area contributed by atoms with E-state index < -0.39 is 0 Å². The van der Waals surface area contributed by atoms with Crippen LogP contribution in [0.1, 0.15) is 15.9 Å². The number of nitrogens with zero attached hydrogens (tertiary/aromatic N) is 5. The second-order valence-corrected chi connectivity index (χ2v) is 4.98. The summed E-state index contributed by atoms with van der Waals surface area (Å²) in [6.07, 6.45) is 7.61. The van der Waals surface area contributed by atoms with Crippen LogP contribution in [0.5, 0.6) is 0 Å². The maximum atomic E-state index is 11.0. The third kappa shape index (κ3) is 2.70. The highest BCUT2D eigenvalue weighted by Crippen LogP contribution is 2.17. The molecule has 1 N–H and O–H groups in total. The summed E-state index contributed by atoms with van der Waals surface area (Å²) in [5, 5.41) is 7.93. The molecule has 0 saturated carbocycles. The average molecular weight is 300 g/mol. The van der Waals surface area contributed by atoms with Gasteiger partial charge in [-0.3, -0.25) is 9.78 Å². The van der Waals surface area contributed by atoms with Crippen LogP contribution < -0.4 is 5.32 Å². The van der Waals surface area contributed by atoms with Crippen molar-refractivity contribution in [2.45, 2.75) is 11.7 Å². The van der Waals surface area contributed by atoms with Crippen molar-refractivity contribution in [3.05, 3.63) is 41.9 Å². The van der Waals surface area contributed by atoms with Crippen LogP contribution in [0.3, 0.4) is 0 Å². The van der Waals surface area contributed by atoms with E-state index in [1.807, 2.05) is 18.4 Å². The molecule has 0 unspecified atom stereocenters. The lowest BCUT2D eigenvalue weighted by atomic mass is 10.3. The number of nitrogens with one attached hydrogen (secondary N) is 1. The van der Waals surface area contributed by atoms with Gasteiger partial charge >= 0.3 is 0 Å². The fourth-order valence-corrected chi connectivity index (χ4v) is 2.20. The molecule has 0 aromatic carbocycles. The Morgan fingerprint density at radius 2 is 2.29 bits per heavy atom. The maximum Gasteiger partial charge on any atom is 0.228 e. The number of aldehydes is 1. The molecular weight excluding hydrogens is 288 g/mol. The summed E-state index contributed by atoms with van der Waals surface area (Å²) in [6.45, 7) is 0.560. The molecule has 0 aliphatic carbocycles. The van der Waals surface area contributed by atoms with Gasteiger partial charge in [0.25, 0.3) is 0 Å². The number of aromatic nitrogens is 5. The number of anilines is 1. The summed E-state index contributed by atoms with van der Waals surface area (Å²) in [5.74, 6) is 0.543. The predicted molar refractivity (Wildman–Crippen MR) is 79.5 cm³/mol. The highest BCUT2D eigenvalue weighted by Gasteiger charge is 2.12. The van der Waals surface area contributed by atoms with Gasteiger partial charge in [-0.15, -0.1) is 0 Å². The highest BCUT2D eigenvalue weighted by atomic mass is 32.2. The first-order chi connectivity index (χ1) is 10.3. The van der Waals surface area contributed by atoms with Crippen molar-refractivity contribution < 1.29 is 4.79 Å². The Balaban J connectivity index is 1.97. The van der Waals surface area contributed by atoms with Crippen molar-refractivity contribution in [1.29, 1.82) is 0 Å². The first kappa shape index (κ1) is 13.5. The highest BCUT2D eigenvalue weighted by molar-refractivity contribution is 7.98. The monoisotopic (exact) mass is 300 g/mol. The molecule has 3 heterocycles. The minimum Gasteiger partial charge on any atom is -0.350 e. The number of carbonyl (C=O) groups is 1. The van der Waals surface area contributed by atoms with Gasteiger partial charge < -0.3 is 5.32 Å². The van der Waals surface area contributed by atoms with Crippen molar-refractivity contribution in [3.63, 3.8) is 0 Å². The van der Waals surface area contributed by atoms with Gasteiger partial charge in [0.2, 0.25) is 5.95 Å². The topological polar surface area (TPSA) is 85.1 Å². The second-order valence-electron chi connectivity index (χ2n) is 4.20. The van der Waals surface area contributed by atoms with Gasteiger partial charge in [-0.05, 0) is 17.9 Å². The summed E-state index contributed by atoms with van der Waals surface area (Å²) in [7, 11) is 0. The molecule has 0 saturated heterocycles. The second kappa shape index (κ2) is 5.88. The molecule has 3 rings (SSSR count). The van der Waals surface area contributed by atoms with Gasteiger partial charge in [0.05, 0.1) is 11.8 Å².